The Bertz CT molecular complexity index is 399. The summed E-state index contributed by atoms with van der Waals surface area (Å²) < 4.78 is 5.25. The second-order valence-electron chi connectivity index (χ2n) is 4.31. The maximum atomic E-state index is 11.5. The topological polar surface area (TPSA) is 58.6 Å². The van der Waals surface area contributed by atoms with Gasteiger partial charge >= 0.3 is 5.97 Å². The molecule has 1 aromatic rings. The smallest absolute Gasteiger partial charge is 0.311 e. The largest absolute Gasteiger partial charge is 0.496 e. The van der Waals surface area contributed by atoms with Gasteiger partial charge in [0.2, 0.25) is 0 Å². The Morgan fingerprint density at radius 2 is 2.29 bits per heavy atom. The average Bonchev–Trinajstić information content (AvgIpc) is 2.83. The highest BCUT2D eigenvalue weighted by molar-refractivity contribution is 5.77. The minimum atomic E-state index is -0.775. The van der Waals surface area contributed by atoms with Crippen molar-refractivity contribution in [3.63, 3.8) is 0 Å². The molecule has 1 aliphatic rings. The molecule has 0 bridgehead atoms. The highest BCUT2D eigenvalue weighted by Gasteiger charge is 2.33. The molecule has 0 spiro atoms. The zero-order valence-electron chi connectivity index (χ0n) is 9.85. The van der Waals surface area contributed by atoms with E-state index in [4.69, 9.17) is 4.74 Å². The number of para-hydroxylation sites is 1. The van der Waals surface area contributed by atoms with Crippen LogP contribution in [0.2, 0.25) is 0 Å². The highest BCUT2D eigenvalue weighted by Crippen LogP contribution is 2.34. The number of methoxy groups -OCH3 is 1. The van der Waals surface area contributed by atoms with Crippen LogP contribution in [0.5, 0.6) is 5.75 Å². The normalized spacial score (nSPS) is 21.1. The van der Waals surface area contributed by atoms with Crippen molar-refractivity contribution >= 4 is 5.97 Å². The lowest BCUT2D eigenvalue weighted by Gasteiger charge is -2.21. The standard InChI is InChI=1S/C13H17NO3/c1-17-11-5-3-2-4-10(11)12(13(15)16)9-6-7-14-8-9/h2-5,9,12,14H,6-8H2,1H3,(H,15,16). The lowest BCUT2D eigenvalue weighted by atomic mass is 9.85. The number of nitrogens with one attached hydrogen (secondary N) is 1. The summed E-state index contributed by atoms with van der Waals surface area (Å²) in [5.41, 5.74) is 0.774. The Morgan fingerprint density at radius 3 is 2.88 bits per heavy atom. The molecule has 1 aliphatic heterocycles. The van der Waals surface area contributed by atoms with Crippen LogP contribution in [-0.4, -0.2) is 31.3 Å². The van der Waals surface area contributed by atoms with Crippen molar-refractivity contribution < 1.29 is 14.6 Å². The van der Waals surface area contributed by atoms with Crippen molar-refractivity contribution in [1.82, 2.24) is 5.32 Å². The van der Waals surface area contributed by atoms with E-state index in [9.17, 15) is 9.90 Å². The summed E-state index contributed by atoms with van der Waals surface area (Å²) in [7, 11) is 1.57. The highest BCUT2D eigenvalue weighted by atomic mass is 16.5. The third kappa shape index (κ3) is 2.42. The monoisotopic (exact) mass is 235 g/mol. The molecule has 1 fully saturated rings. The molecule has 2 unspecified atom stereocenters. The molecule has 1 saturated heterocycles. The van der Waals surface area contributed by atoms with Crippen LogP contribution >= 0.6 is 0 Å². The minimum Gasteiger partial charge on any atom is -0.496 e. The summed E-state index contributed by atoms with van der Waals surface area (Å²) in [6.45, 7) is 1.65. The van der Waals surface area contributed by atoms with E-state index >= 15 is 0 Å². The van der Waals surface area contributed by atoms with Crippen LogP contribution < -0.4 is 10.1 Å². The van der Waals surface area contributed by atoms with Gasteiger partial charge in [0.15, 0.2) is 0 Å². The summed E-state index contributed by atoms with van der Waals surface area (Å²) in [4.78, 5) is 11.5. The first-order valence-electron chi connectivity index (χ1n) is 5.80. The number of carboxylic acid groups (broad SMARTS) is 1. The van der Waals surface area contributed by atoms with Gasteiger partial charge in [-0.25, -0.2) is 0 Å². The van der Waals surface area contributed by atoms with E-state index in [1.165, 1.54) is 0 Å². The number of hydrogen-bond acceptors (Lipinski definition) is 3. The van der Waals surface area contributed by atoms with Gasteiger partial charge in [-0.2, -0.15) is 0 Å². The van der Waals surface area contributed by atoms with Crippen LogP contribution in [0.15, 0.2) is 24.3 Å². The fourth-order valence-corrected chi connectivity index (χ4v) is 2.47. The van der Waals surface area contributed by atoms with E-state index in [-0.39, 0.29) is 5.92 Å². The molecule has 2 atom stereocenters. The molecule has 0 amide bonds. The van der Waals surface area contributed by atoms with E-state index in [1.807, 2.05) is 24.3 Å². The Hall–Kier alpha value is -1.55. The average molecular weight is 235 g/mol. The molecule has 0 aliphatic carbocycles. The third-order valence-corrected chi connectivity index (χ3v) is 3.31. The van der Waals surface area contributed by atoms with Crippen LogP contribution in [0.25, 0.3) is 0 Å². The molecule has 4 heteroatoms. The SMILES string of the molecule is COc1ccccc1C(C(=O)O)C1CCNC1. The maximum Gasteiger partial charge on any atom is 0.311 e. The van der Waals surface area contributed by atoms with Crippen molar-refractivity contribution in [2.75, 3.05) is 20.2 Å². The third-order valence-electron chi connectivity index (χ3n) is 3.31. The predicted octanol–water partition coefficient (Wildman–Crippen LogP) is 1.47. The molecule has 4 nitrogen and oxygen atoms in total. The van der Waals surface area contributed by atoms with Gasteiger partial charge in [-0.05, 0) is 31.5 Å². The van der Waals surface area contributed by atoms with E-state index in [0.29, 0.717) is 5.75 Å². The summed E-state index contributed by atoms with van der Waals surface area (Å²) >= 11 is 0. The molecule has 0 saturated carbocycles. The summed E-state index contributed by atoms with van der Waals surface area (Å²) in [5.74, 6) is -0.458. The zero-order chi connectivity index (χ0) is 12.3. The van der Waals surface area contributed by atoms with Crippen LogP contribution in [0.4, 0.5) is 0 Å². The summed E-state index contributed by atoms with van der Waals surface area (Å²) in [6, 6.07) is 7.37. The molecule has 0 radical (unpaired) electrons. The second-order valence-corrected chi connectivity index (χ2v) is 4.31. The molecule has 17 heavy (non-hydrogen) atoms. The van der Waals surface area contributed by atoms with Gasteiger partial charge in [0.05, 0.1) is 13.0 Å². The quantitative estimate of drug-likeness (QED) is 0.829. The van der Waals surface area contributed by atoms with Gasteiger partial charge in [-0.3, -0.25) is 4.79 Å². The number of hydrogen-bond donors (Lipinski definition) is 2. The van der Waals surface area contributed by atoms with Gasteiger partial charge in [0, 0.05) is 5.56 Å². The van der Waals surface area contributed by atoms with Crippen molar-refractivity contribution in [3.8, 4) is 5.75 Å². The van der Waals surface area contributed by atoms with Gasteiger partial charge in [-0.15, -0.1) is 0 Å². The Labute approximate surface area is 101 Å². The van der Waals surface area contributed by atoms with Gasteiger partial charge in [-0.1, -0.05) is 18.2 Å². The molecule has 2 rings (SSSR count). The Balaban J connectivity index is 2.34. The predicted molar refractivity (Wildman–Crippen MR) is 64.3 cm³/mol. The summed E-state index contributed by atoms with van der Waals surface area (Å²) in [6.07, 6.45) is 0.898. The first-order chi connectivity index (χ1) is 8.24. The van der Waals surface area contributed by atoms with Crippen LogP contribution in [0.1, 0.15) is 17.9 Å². The van der Waals surface area contributed by atoms with Gasteiger partial charge in [0.25, 0.3) is 0 Å². The van der Waals surface area contributed by atoms with E-state index in [0.717, 1.165) is 25.1 Å². The molecule has 1 heterocycles. The van der Waals surface area contributed by atoms with Crippen molar-refractivity contribution in [2.24, 2.45) is 5.92 Å². The first-order valence-corrected chi connectivity index (χ1v) is 5.80. The van der Waals surface area contributed by atoms with Crippen molar-refractivity contribution in [3.05, 3.63) is 29.8 Å². The second kappa shape index (κ2) is 5.19. The van der Waals surface area contributed by atoms with Crippen LogP contribution in [-0.2, 0) is 4.79 Å². The van der Waals surface area contributed by atoms with Crippen LogP contribution in [0, 0.1) is 5.92 Å². The number of carboxylic acids is 1. The number of aliphatic carboxylic acids is 1. The Kier molecular flexibility index (Phi) is 3.64. The van der Waals surface area contributed by atoms with Crippen LogP contribution in [0.3, 0.4) is 0 Å². The van der Waals surface area contributed by atoms with E-state index in [2.05, 4.69) is 5.32 Å². The number of ether oxygens (including phenoxy) is 1. The minimum absolute atomic E-state index is 0.142. The van der Waals surface area contributed by atoms with Gasteiger partial charge < -0.3 is 15.2 Å². The van der Waals surface area contributed by atoms with E-state index < -0.39 is 11.9 Å². The Morgan fingerprint density at radius 1 is 1.53 bits per heavy atom. The molecule has 2 N–H and O–H groups in total. The summed E-state index contributed by atoms with van der Waals surface area (Å²) in [5, 5.41) is 12.6. The maximum absolute atomic E-state index is 11.5. The fraction of sp³-hybridized carbons (Fsp3) is 0.462. The van der Waals surface area contributed by atoms with Crippen molar-refractivity contribution in [2.45, 2.75) is 12.3 Å². The molecule has 0 aromatic heterocycles. The lowest BCUT2D eigenvalue weighted by molar-refractivity contribution is -0.140. The van der Waals surface area contributed by atoms with E-state index in [1.54, 1.807) is 7.11 Å². The zero-order valence-corrected chi connectivity index (χ0v) is 9.85. The first kappa shape index (κ1) is 11.9. The molecular formula is C13H17NO3. The lowest BCUT2D eigenvalue weighted by Crippen LogP contribution is -2.24. The number of benzene rings is 1. The molecule has 1 aromatic carbocycles. The number of rotatable bonds is 4. The fourth-order valence-electron chi connectivity index (χ4n) is 2.47. The number of carbonyl (C=O) groups is 1. The molecule has 92 valence electrons. The van der Waals surface area contributed by atoms with Crippen molar-refractivity contribution in [1.29, 1.82) is 0 Å². The van der Waals surface area contributed by atoms with Gasteiger partial charge in [0.1, 0.15) is 5.75 Å². The molecular weight excluding hydrogens is 218 g/mol.